The molecule has 1 N–H and O–H groups in total. The molecule has 1 unspecified atom stereocenters. The molecule has 28 heavy (non-hydrogen) atoms. The number of allylic oxidation sites excluding steroid dienone is 1. The van der Waals surface area contributed by atoms with E-state index in [4.69, 9.17) is 5.11 Å². The number of nitrogens with zero attached hydrogens (tertiary/aromatic N) is 1. The van der Waals surface area contributed by atoms with Crippen LogP contribution in [0.3, 0.4) is 0 Å². The van der Waals surface area contributed by atoms with Crippen LogP contribution in [0.2, 0.25) is 0 Å². The first-order valence-electron chi connectivity index (χ1n) is 10.3. The molecule has 1 fully saturated rings. The standard InChI is InChI=1S/C23H31NO4/c25-21(18-19-10-4-3-5-11-19)16-15-20-12-7-8-13-22(26)24(20)17-9-2-1-6-14-23(27)28/h2-5,9-11,20H,1,6-8,12-18H2,(H,27,28)/b9-2-. The first-order chi connectivity index (χ1) is 13.6. The summed E-state index contributed by atoms with van der Waals surface area (Å²) in [6.07, 6.45) is 10.5. The predicted octanol–water partition coefficient (Wildman–Crippen LogP) is 4.16. The molecule has 1 aliphatic rings. The number of amides is 1. The summed E-state index contributed by atoms with van der Waals surface area (Å²) >= 11 is 0. The molecule has 152 valence electrons. The molecule has 0 saturated carbocycles. The first-order valence-corrected chi connectivity index (χ1v) is 10.3. The van der Waals surface area contributed by atoms with Gasteiger partial charge in [-0.3, -0.25) is 14.4 Å². The molecule has 1 aromatic rings. The number of carboxylic acid groups (broad SMARTS) is 1. The number of carbonyl (C=O) groups excluding carboxylic acids is 2. The molecule has 0 aromatic heterocycles. The minimum absolute atomic E-state index is 0.110. The largest absolute Gasteiger partial charge is 0.481 e. The van der Waals surface area contributed by atoms with Gasteiger partial charge in [-0.2, -0.15) is 0 Å². The Morgan fingerprint density at radius 1 is 1.11 bits per heavy atom. The van der Waals surface area contributed by atoms with Crippen LogP contribution >= 0.6 is 0 Å². The number of unbranched alkanes of at least 4 members (excludes halogenated alkanes) is 1. The minimum atomic E-state index is -0.781. The molecule has 0 aliphatic carbocycles. The summed E-state index contributed by atoms with van der Waals surface area (Å²) < 4.78 is 0. The average Bonchev–Trinajstić information content (AvgIpc) is 2.85. The summed E-state index contributed by atoms with van der Waals surface area (Å²) in [6.45, 7) is 0.545. The number of Topliss-reactive ketones (excluding diaryl/α,β-unsaturated/α-hetero) is 1. The molecule has 5 heteroatoms. The number of benzene rings is 1. The third-order valence-electron chi connectivity index (χ3n) is 5.17. The second-order valence-corrected chi connectivity index (χ2v) is 7.44. The van der Waals surface area contributed by atoms with Crippen molar-refractivity contribution in [2.24, 2.45) is 0 Å². The third-order valence-corrected chi connectivity index (χ3v) is 5.17. The summed E-state index contributed by atoms with van der Waals surface area (Å²) in [5, 5.41) is 8.67. The summed E-state index contributed by atoms with van der Waals surface area (Å²) in [4.78, 5) is 37.3. The van der Waals surface area contributed by atoms with E-state index in [2.05, 4.69) is 0 Å². The number of likely N-dealkylation sites (tertiary alicyclic amines) is 1. The zero-order chi connectivity index (χ0) is 20.2. The maximum Gasteiger partial charge on any atom is 0.303 e. The van der Waals surface area contributed by atoms with Gasteiger partial charge in [-0.15, -0.1) is 0 Å². The van der Waals surface area contributed by atoms with E-state index in [-0.39, 0.29) is 24.2 Å². The Bertz CT molecular complexity index is 668. The lowest BCUT2D eigenvalue weighted by atomic mass is 9.99. The van der Waals surface area contributed by atoms with Gasteiger partial charge >= 0.3 is 5.97 Å². The van der Waals surface area contributed by atoms with E-state index in [9.17, 15) is 14.4 Å². The van der Waals surface area contributed by atoms with Crippen LogP contribution < -0.4 is 0 Å². The highest BCUT2D eigenvalue weighted by Crippen LogP contribution is 2.22. The zero-order valence-corrected chi connectivity index (χ0v) is 16.5. The molecule has 2 rings (SSSR count). The molecule has 0 bridgehead atoms. The number of carbonyl (C=O) groups is 3. The van der Waals surface area contributed by atoms with Crippen molar-refractivity contribution >= 4 is 17.7 Å². The summed E-state index contributed by atoms with van der Waals surface area (Å²) in [7, 11) is 0. The van der Waals surface area contributed by atoms with E-state index in [1.807, 2.05) is 47.4 Å². The van der Waals surface area contributed by atoms with Crippen LogP contribution in [0, 0.1) is 0 Å². The molecule has 1 saturated heterocycles. The van der Waals surface area contributed by atoms with E-state index in [0.717, 1.165) is 24.8 Å². The molecule has 1 aliphatic heterocycles. The van der Waals surface area contributed by atoms with Crippen molar-refractivity contribution in [3.05, 3.63) is 48.0 Å². The van der Waals surface area contributed by atoms with Gasteiger partial charge < -0.3 is 10.0 Å². The Hall–Kier alpha value is -2.43. The van der Waals surface area contributed by atoms with Crippen LogP contribution in [0.1, 0.15) is 63.4 Å². The fraction of sp³-hybridized carbons (Fsp3) is 0.522. The first kappa shape index (κ1) is 21.9. The number of carboxylic acids is 1. The SMILES string of the molecule is O=C(O)CCC/C=C\CN1C(=O)CCCCC1CCC(=O)Cc1ccccc1. The lowest BCUT2D eigenvalue weighted by Gasteiger charge is -2.29. The molecule has 1 amide bonds. The molecule has 5 nitrogen and oxygen atoms in total. The van der Waals surface area contributed by atoms with Crippen LogP contribution in [0.25, 0.3) is 0 Å². The highest BCUT2D eigenvalue weighted by Gasteiger charge is 2.25. The lowest BCUT2D eigenvalue weighted by molar-refractivity contribution is -0.137. The molecule has 1 atom stereocenters. The lowest BCUT2D eigenvalue weighted by Crippen LogP contribution is -2.39. The van der Waals surface area contributed by atoms with E-state index in [1.165, 1.54) is 0 Å². The number of aliphatic carboxylic acids is 1. The number of hydrogen-bond acceptors (Lipinski definition) is 3. The Morgan fingerprint density at radius 2 is 1.89 bits per heavy atom. The van der Waals surface area contributed by atoms with E-state index < -0.39 is 5.97 Å². The normalized spacial score (nSPS) is 17.6. The topological polar surface area (TPSA) is 74.7 Å². The highest BCUT2D eigenvalue weighted by molar-refractivity contribution is 5.81. The van der Waals surface area contributed by atoms with E-state index >= 15 is 0 Å². The Balaban J connectivity index is 1.84. The predicted molar refractivity (Wildman–Crippen MR) is 109 cm³/mol. The van der Waals surface area contributed by atoms with Gasteiger partial charge in [0.1, 0.15) is 5.78 Å². The van der Waals surface area contributed by atoms with Gasteiger partial charge in [-0.05, 0) is 37.7 Å². The van der Waals surface area contributed by atoms with Gasteiger partial charge in [-0.1, -0.05) is 48.9 Å². The maximum absolute atomic E-state index is 12.5. The molecular weight excluding hydrogens is 354 g/mol. The van der Waals surface area contributed by atoms with Gasteiger partial charge in [0.15, 0.2) is 0 Å². The van der Waals surface area contributed by atoms with Crippen molar-refractivity contribution in [1.82, 2.24) is 4.90 Å². The van der Waals surface area contributed by atoms with Crippen LogP contribution in [0.4, 0.5) is 0 Å². The molecule has 0 radical (unpaired) electrons. The van der Waals surface area contributed by atoms with Gasteiger partial charge in [0, 0.05) is 38.3 Å². The van der Waals surface area contributed by atoms with Crippen LogP contribution in [0.5, 0.6) is 0 Å². The number of hydrogen-bond donors (Lipinski definition) is 1. The van der Waals surface area contributed by atoms with Gasteiger partial charge in [0.2, 0.25) is 5.91 Å². The highest BCUT2D eigenvalue weighted by atomic mass is 16.4. The number of rotatable bonds is 11. The molecule has 1 heterocycles. The summed E-state index contributed by atoms with van der Waals surface area (Å²) in [5.41, 5.74) is 1.03. The van der Waals surface area contributed by atoms with Crippen molar-refractivity contribution in [2.75, 3.05) is 6.54 Å². The van der Waals surface area contributed by atoms with Crippen LogP contribution in [0.15, 0.2) is 42.5 Å². The molecule has 0 spiro atoms. The fourth-order valence-electron chi connectivity index (χ4n) is 3.63. The second kappa shape index (κ2) is 12.1. The van der Waals surface area contributed by atoms with Gasteiger partial charge in [-0.25, -0.2) is 0 Å². The van der Waals surface area contributed by atoms with Crippen molar-refractivity contribution in [3.8, 4) is 0 Å². The van der Waals surface area contributed by atoms with Crippen molar-refractivity contribution in [3.63, 3.8) is 0 Å². The van der Waals surface area contributed by atoms with Crippen molar-refractivity contribution in [1.29, 1.82) is 0 Å². The quantitative estimate of drug-likeness (QED) is 0.458. The summed E-state index contributed by atoms with van der Waals surface area (Å²) in [6, 6.07) is 9.87. The van der Waals surface area contributed by atoms with E-state index in [0.29, 0.717) is 45.1 Å². The summed E-state index contributed by atoms with van der Waals surface area (Å²) in [5.74, 6) is -0.406. The smallest absolute Gasteiger partial charge is 0.303 e. The Morgan fingerprint density at radius 3 is 2.64 bits per heavy atom. The number of ketones is 1. The monoisotopic (exact) mass is 385 g/mol. The second-order valence-electron chi connectivity index (χ2n) is 7.44. The maximum atomic E-state index is 12.5. The zero-order valence-electron chi connectivity index (χ0n) is 16.5. The Labute approximate surface area is 167 Å². The van der Waals surface area contributed by atoms with Crippen LogP contribution in [-0.4, -0.2) is 40.3 Å². The average molecular weight is 386 g/mol. The van der Waals surface area contributed by atoms with Crippen molar-refractivity contribution < 1.29 is 19.5 Å². The molecule has 1 aromatic carbocycles. The molecular formula is C23H31NO4. The van der Waals surface area contributed by atoms with Gasteiger partial charge in [0.25, 0.3) is 0 Å². The van der Waals surface area contributed by atoms with Crippen LogP contribution in [-0.2, 0) is 20.8 Å². The Kier molecular flexibility index (Phi) is 9.46. The third kappa shape index (κ3) is 8.07. The van der Waals surface area contributed by atoms with Gasteiger partial charge in [0.05, 0.1) is 0 Å². The fourth-order valence-corrected chi connectivity index (χ4v) is 3.63. The van der Waals surface area contributed by atoms with Crippen molar-refractivity contribution in [2.45, 2.75) is 70.3 Å². The van der Waals surface area contributed by atoms with E-state index in [1.54, 1.807) is 0 Å². The minimum Gasteiger partial charge on any atom is -0.481 e.